The number of rotatable bonds is 6. The Morgan fingerprint density at radius 1 is 1.33 bits per heavy atom. The van der Waals surface area contributed by atoms with Crippen molar-refractivity contribution in [1.82, 2.24) is 0 Å². The van der Waals surface area contributed by atoms with E-state index in [1.807, 2.05) is 11.8 Å². The molecule has 0 heterocycles. The van der Waals surface area contributed by atoms with E-state index in [0.29, 0.717) is 0 Å². The number of hydrogen-bond acceptors (Lipinski definition) is 2. The summed E-state index contributed by atoms with van der Waals surface area (Å²) < 4.78 is 1.21. The zero-order chi connectivity index (χ0) is 11.1. The molecule has 0 fully saturated rings. The molecule has 1 aromatic rings. The van der Waals surface area contributed by atoms with Gasteiger partial charge in [0.2, 0.25) is 0 Å². The van der Waals surface area contributed by atoms with Gasteiger partial charge >= 0.3 is 0 Å². The van der Waals surface area contributed by atoms with Crippen molar-refractivity contribution in [2.24, 2.45) is 0 Å². The van der Waals surface area contributed by atoms with Crippen molar-refractivity contribution in [3.63, 3.8) is 0 Å². The summed E-state index contributed by atoms with van der Waals surface area (Å²) in [6.45, 7) is 8.45. The Bertz CT molecular complexity index is 318. The van der Waals surface area contributed by atoms with Gasteiger partial charge in [0.15, 0.2) is 0 Å². The topological polar surface area (TPSA) is 0 Å². The number of aryl methyl sites for hydroxylation is 1. The minimum Gasteiger partial charge on any atom is -0.120 e. The first-order valence-corrected chi connectivity index (χ1v) is 7.09. The van der Waals surface area contributed by atoms with E-state index >= 15 is 0 Å². The fourth-order valence-corrected chi connectivity index (χ4v) is 3.19. The fraction of sp³-hybridized carbons (Fsp3) is 0.385. The number of hydrogen-bond donors (Lipinski definition) is 0. The third-order valence-corrected chi connectivity index (χ3v) is 4.40. The average Bonchev–Trinajstić information content (AvgIpc) is 2.22. The van der Waals surface area contributed by atoms with Gasteiger partial charge < -0.3 is 0 Å². The molecule has 0 atom stereocenters. The molecule has 15 heavy (non-hydrogen) atoms. The molecule has 0 N–H and O–H groups in total. The van der Waals surface area contributed by atoms with Crippen LogP contribution in [0.1, 0.15) is 25.3 Å². The quantitative estimate of drug-likeness (QED) is 0.500. The Morgan fingerprint density at radius 2 is 2.07 bits per heavy atom. The van der Waals surface area contributed by atoms with Crippen molar-refractivity contribution < 1.29 is 0 Å². The van der Waals surface area contributed by atoms with Crippen LogP contribution in [0.2, 0.25) is 0 Å². The molecule has 0 aliphatic heterocycles. The predicted molar refractivity (Wildman–Crippen MR) is 73.5 cm³/mol. The summed E-state index contributed by atoms with van der Waals surface area (Å²) in [7, 11) is 0. The first-order valence-electron chi connectivity index (χ1n) is 5.29. The number of thioether (sulfide) groups is 2. The highest BCUT2D eigenvalue weighted by Gasteiger charge is 2.01. The highest BCUT2D eigenvalue weighted by molar-refractivity contribution is 8.22. The summed E-state index contributed by atoms with van der Waals surface area (Å²) in [4.78, 5) is 1.33. The SMILES string of the molecule is C=C(SCCCC)Sc1ccccc1C. The molecule has 1 aromatic carbocycles. The summed E-state index contributed by atoms with van der Waals surface area (Å²) in [5.41, 5.74) is 1.33. The van der Waals surface area contributed by atoms with E-state index < -0.39 is 0 Å². The monoisotopic (exact) mass is 238 g/mol. The van der Waals surface area contributed by atoms with Gasteiger partial charge in [-0.2, -0.15) is 0 Å². The fourth-order valence-electron chi connectivity index (χ4n) is 1.15. The summed E-state index contributed by atoms with van der Waals surface area (Å²) in [6.07, 6.45) is 2.54. The molecule has 0 spiro atoms. The molecule has 0 bridgehead atoms. The van der Waals surface area contributed by atoms with Crippen molar-refractivity contribution in [2.45, 2.75) is 31.6 Å². The van der Waals surface area contributed by atoms with Gasteiger partial charge in [-0.1, -0.05) is 49.9 Å². The van der Waals surface area contributed by atoms with Crippen LogP contribution in [0.4, 0.5) is 0 Å². The van der Waals surface area contributed by atoms with E-state index in [1.54, 1.807) is 11.8 Å². The van der Waals surface area contributed by atoms with Gasteiger partial charge in [0.25, 0.3) is 0 Å². The van der Waals surface area contributed by atoms with Crippen LogP contribution < -0.4 is 0 Å². The van der Waals surface area contributed by atoms with Gasteiger partial charge in [-0.05, 0) is 30.7 Å². The molecule has 1 rings (SSSR count). The van der Waals surface area contributed by atoms with Gasteiger partial charge in [0.1, 0.15) is 0 Å². The van der Waals surface area contributed by atoms with Crippen LogP contribution in [0.3, 0.4) is 0 Å². The molecule has 0 saturated carbocycles. The molecule has 0 amide bonds. The second kappa shape index (κ2) is 7.02. The van der Waals surface area contributed by atoms with Crippen LogP contribution in [0.15, 0.2) is 40.0 Å². The number of benzene rings is 1. The molecule has 0 saturated heterocycles. The highest BCUT2D eigenvalue weighted by Crippen LogP contribution is 2.35. The Labute approximate surface area is 102 Å². The van der Waals surface area contributed by atoms with Gasteiger partial charge in [0.05, 0.1) is 0 Å². The molecule has 0 aromatic heterocycles. The Hall–Kier alpha value is -0.340. The van der Waals surface area contributed by atoms with Crippen LogP contribution >= 0.6 is 23.5 Å². The average molecular weight is 238 g/mol. The molecule has 2 heteroatoms. The third kappa shape index (κ3) is 4.80. The third-order valence-electron chi connectivity index (χ3n) is 2.08. The summed E-state index contributed by atoms with van der Waals surface area (Å²) in [5.74, 6) is 1.19. The van der Waals surface area contributed by atoms with E-state index in [2.05, 4.69) is 44.7 Å². The molecular weight excluding hydrogens is 220 g/mol. The van der Waals surface area contributed by atoms with Gasteiger partial charge in [-0.15, -0.1) is 11.8 Å². The van der Waals surface area contributed by atoms with Crippen LogP contribution in [-0.2, 0) is 0 Å². The van der Waals surface area contributed by atoms with Crippen LogP contribution in [0.5, 0.6) is 0 Å². The normalized spacial score (nSPS) is 10.3. The Kier molecular flexibility index (Phi) is 5.96. The minimum absolute atomic E-state index is 1.19. The van der Waals surface area contributed by atoms with E-state index in [9.17, 15) is 0 Å². The van der Waals surface area contributed by atoms with E-state index in [0.717, 1.165) is 0 Å². The smallest absolute Gasteiger partial charge is 0.0378 e. The van der Waals surface area contributed by atoms with Gasteiger partial charge in [-0.3, -0.25) is 0 Å². The molecule has 0 nitrogen and oxygen atoms in total. The standard InChI is InChI=1S/C13H18S2/c1-4-5-10-14-12(3)15-13-9-7-6-8-11(13)2/h6-9H,3-5,10H2,1-2H3. The van der Waals surface area contributed by atoms with Crippen LogP contribution in [0.25, 0.3) is 0 Å². The minimum atomic E-state index is 1.19. The molecular formula is C13H18S2. The lowest BCUT2D eigenvalue weighted by atomic mass is 10.2. The maximum Gasteiger partial charge on any atom is 0.0378 e. The van der Waals surface area contributed by atoms with Crippen molar-refractivity contribution in [2.75, 3.05) is 5.75 Å². The molecule has 0 radical (unpaired) electrons. The largest absolute Gasteiger partial charge is 0.120 e. The first-order chi connectivity index (χ1) is 7.24. The van der Waals surface area contributed by atoms with Crippen molar-refractivity contribution in [3.8, 4) is 0 Å². The van der Waals surface area contributed by atoms with Crippen molar-refractivity contribution >= 4 is 23.5 Å². The maximum absolute atomic E-state index is 4.09. The second-order valence-corrected chi connectivity index (χ2v) is 6.03. The van der Waals surface area contributed by atoms with Crippen LogP contribution in [-0.4, -0.2) is 5.75 Å². The van der Waals surface area contributed by atoms with Gasteiger partial charge in [-0.25, -0.2) is 0 Å². The number of unbranched alkanes of at least 4 members (excludes halogenated alkanes) is 1. The first kappa shape index (κ1) is 12.7. The van der Waals surface area contributed by atoms with E-state index in [-0.39, 0.29) is 0 Å². The van der Waals surface area contributed by atoms with Crippen molar-refractivity contribution in [1.29, 1.82) is 0 Å². The lowest BCUT2D eigenvalue weighted by Gasteiger charge is -2.06. The molecule has 0 unspecified atom stereocenters. The predicted octanol–water partition coefficient (Wildman–Crippen LogP) is 5.09. The van der Waals surface area contributed by atoms with Crippen LogP contribution in [0, 0.1) is 6.92 Å². The van der Waals surface area contributed by atoms with E-state index in [4.69, 9.17) is 0 Å². The maximum atomic E-state index is 4.09. The summed E-state index contributed by atoms with van der Waals surface area (Å²) in [5, 5.41) is 0. The zero-order valence-electron chi connectivity index (χ0n) is 9.45. The molecule has 0 aliphatic rings. The lowest BCUT2D eigenvalue weighted by Crippen LogP contribution is -1.80. The zero-order valence-corrected chi connectivity index (χ0v) is 11.1. The van der Waals surface area contributed by atoms with Crippen molar-refractivity contribution in [3.05, 3.63) is 40.6 Å². The Morgan fingerprint density at radius 3 is 2.73 bits per heavy atom. The van der Waals surface area contributed by atoms with E-state index in [1.165, 1.54) is 33.3 Å². The Balaban J connectivity index is 2.41. The summed E-state index contributed by atoms with van der Waals surface area (Å²) in [6, 6.07) is 8.46. The second-order valence-electron chi connectivity index (χ2n) is 3.44. The van der Waals surface area contributed by atoms with Gasteiger partial charge in [0, 0.05) is 9.13 Å². The highest BCUT2D eigenvalue weighted by atomic mass is 32.2. The molecule has 0 aliphatic carbocycles. The lowest BCUT2D eigenvalue weighted by molar-refractivity contribution is 0.897. The molecule has 82 valence electrons. The summed E-state index contributed by atoms with van der Waals surface area (Å²) >= 11 is 3.66.